The Morgan fingerprint density at radius 1 is 0.949 bits per heavy atom. The van der Waals surface area contributed by atoms with Gasteiger partial charge in [-0.05, 0) is 26.0 Å². The van der Waals surface area contributed by atoms with E-state index < -0.39 is 76.8 Å². The van der Waals surface area contributed by atoms with Gasteiger partial charge in [-0.15, -0.1) is 0 Å². The van der Waals surface area contributed by atoms with E-state index in [1.807, 2.05) is 0 Å². The van der Waals surface area contributed by atoms with Crippen molar-refractivity contribution in [3.05, 3.63) is 51.6 Å². The predicted molar refractivity (Wildman–Crippen MR) is 130 cm³/mol. The van der Waals surface area contributed by atoms with Crippen molar-refractivity contribution in [1.82, 2.24) is 0 Å². The zero-order chi connectivity index (χ0) is 28.5. The molecule has 208 valence electrons. The highest BCUT2D eigenvalue weighted by Crippen LogP contribution is 2.48. The lowest BCUT2D eigenvalue weighted by Crippen LogP contribution is -2.58. The van der Waals surface area contributed by atoms with Gasteiger partial charge >= 0.3 is 0 Å². The SMILES string of the molecule is COc1cc(O)c2c(c1)C(=O)c1cc3c(c(O)c1C2=O)C(OC1OC(C)C(O)C(O)C1OC)CC(C)(O)C3=O. The highest BCUT2D eigenvalue weighted by Gasteiger charge is 2.50. The number of carbonyl (C=O) groups excluding carboxylic acids is 3. The lowest BCUT2D eigenvalue weighted by Gasteiger charge is -2.43. The van der Waals surface area contributed by atoms with Crippen LogP contribution in [-0.4, -0.2) is 93.4 Å². The summed E-state index contributed by atoms with van der Waals surface area (Å²) < 4.78 is 22.1. The molecule has 1 aliphatic heterocycles. The maximum atomic E-state index is 13.5. The number of rotatable bonds is 4. The molecule has 12 heteroatoms. The summed E-state index contributed by atoms with van der Waals surface area (Å²) in [7, 11) is 2.58. The number of hydrogen-bond acceptors (Lipinski definition) is 12. The number of Topliss-reactive ketones (excluding diaryl/α,β-unsaturated/α-hetero) is 1. The molecule has 0 aromatic heterocycles. The Kier molecular flexibility index (Phi) is 6.53. The van der Waals surface area contributed by atoms with Crippen molar-refractivity contribution in [1.29, 1.82) is 0 Å². The minimum absolute atomic E-state index is 0.118. The first-order valence-electron chi connectivity index (χ1n) is 12.2. The molecule has 0 bridgehead atoms. The van der Waals surface area contributed by atoms with E-state index in [1.54, 1.807) is 0 Å². The number of methoxy groups -OCH3 is 2. The summed E-state index contributed by atoms with van der Waals surface area (Å²) in [5.74, 6) is -3.56. The van der Waals surface area contributed by atoms with Gasteiger partial charge in [0.15, 0.2) is 17.9 Å². The van der Waals surface area contributed by atoms with Gasteiger partial charge in [0.2, 0.25) is 5.78 Å². The normalized spacial score (nSPS) is 31.9. The standard InChI is InChI=1S/C27H28O12/c1-9-19(29)23(33)24(37-4)26(38-9)39-15-8-27(2,35)25(34)13-7-12-18(22(32)17(13)15)21(31)16-11(20(12)30)5-10(36-3)6-14(16)28/h5-7,9,15,19,23-24,26,28-29,32-33,35H,8H2,1-4H3. The van der Waals surface area contributed by atoms with E-state index in [0.29, 0.717) is 0 Å². The molecule has 39 heavy (non-hydrogen) atoms. The molecule has 2 aromatic carbocycles. The van der Waals surface area contributed by atoms with Crippen LogP contribution < -0.4 is 4.74 Å². The molecular weight excluding hydrogens is 516 g/mol. The van der Waals surface area contributed by atoms with Gasteiger partial charge in [-0.25, -0.2) is 0 Å². The van der Waals surface area contributed by atoms with Crippen LogP contribution in [0.1, 0.15) is 74.1 Å². The molecule has 1 fully saturated rings. The fourth-order valence-electron chi connectivity index (χ4n) is 5.50. The van der Waals surface area contributed by atoms with Crippen molar-refractivity contribution in [2.75, 3.05) is 14.2 Å². The van der Waals surface area contributed by atoms with Gasteiger partial charge in [0.1, 0.15) is 41.2 Å². The van der Waals surface area contributed by atoms with Gasteiger partial charge in [-0.2, -0.15) is 0 Å². The lowest BCUT2D eigenvalue weighted by molar-refractivity contribution is -0.312. The van der Waals surface area contributed by atoms with E-state index in [1.165, 1.54) is 34.1 Å². The molecule has 0 radical (unpaired) electrons. The summed E-state index contributed by atoms with van der Waals surface area (Å²) in [5.41, 5.74) is -3.66. The average molecular weight is 545 g/mol. The average Bonchev–Trinajstić information content (AvgIpc) is 2.88. The number of carbonyl (C=O) groups is 3. The summed E-state index contributed by atoms with van der Waals surface area (Å²) in [6.45, 7) is 2.74. The molecule has 3 aliphatic rings. The highest BCUT2D eigenvalue weighted by molar-refractivity contribution is 6.31. The predicted octanol–water partition coefficient (Wildman–Crippen LogP) is 0.758. The molecule has 0 spiro atoms. The number of phenolic OH excluding ortho intramolecular Hbond substituents is 2. The number of benzene rings is 2. The Morgan fingerprint density at radius 3 is 2.26 bits per heavy atom. The van der Waals surface area contributed by atoms with Crippen LogP contribution >= 0.6 is 0 Å². The molecule has 12 nitrogen and oxygen atoms in total. The molecule has 2 aromatic rings. The molecule has 1 saturated heterocycles. The summed E-state index contributed by atoms with van der Waals surface area (Å²) >= 11 is 0. The number of fused-ring (bicyclic) bond motifs is 3. The maximum Gasteiger partial charge on any atom is 0.201 e. The van der Waals surface area contributed by atoms with E-state index in [0.717, 1.165) is 12.1 Å². The fourth-order valence-corrected chi connectivity index (χ4v) is 5.50. The molecule has 2 aliphatic carbocycles. The molecule has 5 rings (SSSR count). The summed E-state index contributed by atoms with van der Waals surface area (Å²) in [4.78, 5) is 40.2. The maximum absolute atomic E-state index is 13.5. The topological polar surface area (TPSA) is 189 Å². The zero-order valence-electron chi connectivity index (χ0n) is 21.5. The Morgan fingerprint density at radius 2 is 1.62 bits per heavy atom. The highest BCUT2D eigenvalue weighted by atomic mass is 16.7. The van der Waals surface area contributed by atoms with Crippen LogP contribution in [0.2, 0.25) is 0 Å². The van der Waals surface area contributed by atoms with Gasteiger partial charge in [0.25, 0.3) is 0 Å². The van der Waals surface area contributed by atoms with E-state index in [-0.39, 0.29) is 40.0 Å². The quantitative estimate of drug-likeness (QED) is 0.311. The second-order valence-corrected chi connectivity index (χ2v) is 10.2. The largest absolute Gasteiger partial charge is 0.507 e. The van der Waals surface area contributed by atoms with E-state index in [4.69, 9.17) is 18.9 Å². The summed E-state index contributed by atoms with van der Waals surface area (Å²) in [5, 5.41) is 53.5. The molecular formula is C27H28O12. The van der Waals surface area contributed by atoms with Gasteiger partial charge in [-0.1, -0.05) is 0 Å². The third-order valence-electron chi connectivity index (χ3n) is 7.60. The van der Waals surface area contributed by atoms with E-state index in [9.17, 15) is 39.9 Å². The lowest BCUT2D eigenvalue weighted by atomic mass is 9.73. The van der Waals surface area contributed by atoms with Gasteiger partial charge in [0, 0.05) is 41.9 Å². The Labute approximate surface area is 222 Å². The Bertz CT molecular complexity index is 1400. The molecule has 5 N–H and O–H groups in total. The van der Waals surface area contributed by atoms with Crippen LogP contribution in [0.3, 0.4) is 0 Å². The van der Waals surface area contributed by atoms with Gasteiger partial charge < -0.3 is 44.5 Å². The molecule has 0 saturated carbocycles. The number of aliphatic hydroxyl groups excluding tert-OH is 2. The number of aromatic hydroxyl groups is 2. The van der Waals surface area contributed by atoms with Crippen LogP contribution in [-0.2, 0) is 14.2 Å². The first kappa shape index (κ1) is 27.2. The first-order valence-corrected chi connectivity index (χ1v) is 12.2. The zero-order valence-corrected chi connectivity index (χ0v) is 21.5. The number of hydrogen-bond donors (Lipinski definition) is 5. The minimum atomic E-state index is -2.00. The number of ether oxygens (including phenoxy) is 4. The second-order valence-electron chi connectivity index (χ2n) is 10.2. The van der Waals surface area contributed by atoms with E-state index in [2.05, 4.69) is 0 Å². The molecule has 1 heterocycles. The Balaban J connectivity index is 1.66. The smallest absolute Gasteiger partial charge is 0.201 e. The Hall–Kier alpha value is -3.39. The van der Waals surface area contributed by atoms with Crippen molar-refractivity contribution in [2.24, 2.45) is 0 Å². The number of phenols is 2. The summed E-state index contributed by atoms with van der Waals surface area (Å²) in [6, 6.07) is 3.54. The van der Waals surface area contributed by atoms with Gasteiger partial charge in [-0.3, -0.25) is 14.4 Å². The van der Waals surface area contributed by atoms with Crippen LogP contribution in [0, 0.1) is 0 Å². The van der Waals surface area contributed by atoms with E-state index >= 15 is 0 Å². The van der Waals surface area contributed by atoms with Crippen molar-refractivity contribution >= 4 is 17.3 Å². The van der Waals surface area contributed by atoms with Crippen molar-refractivity contribution in [3.8, 4) is 17.2 Å². The van der Waals surface area contributed by atoms with Crippen LogP contribution in [0.15, 0.2) is 18.2 Å². The van der Waals surface area contributed by atoms with Crippen molar-refractivity contribution in [3.63, 3.8) is 0 Å². The third-order valence-corrected chi connectivity index (χ3v) is 7.60. The minimum Gasteiger partial charge on any atom is -0.507 e. The fraction of sp³-hybridized carbons (Fsp3) is 0.444. The van der Waals surface area contributed by atoms with Crippen molar-refractivity contribution in [2.45, 2.75) is 62.7 Å². The molecule has 0 amide bonds. The van der Waals surface area contributed by atoms with Crippen LogP contribution in [0.4, 0.5) is 0 Å². The summed E-state index contributed by atoms with van der Waals surface area (Å²) in [6.07, 6.45) is -7.71. The monoisotopic (exact) mass is 544 g/mol. The van der Waals surface area contributed by atoms with Crippen LogP contribution in [0.25, 0.3) is 0 Å². The molecule has 7 atom stereocenters. The van der Waals surface area contributed by atoms with Crippen molar-refractivity contribution < 1.29 is 58.9 Å². The molecule has 7 unspecified atom stereocenters. The first-order chi connectivity index (χ1) is 18.3. The number of ketones is 3. The number of aliphatic hydroxyl groups is 3. The second kappa shape index (κ2) is 9.37. The van der Waals surface area contributed by atoms with Gasteiger partial charge in [0.05, 0.1) is 30.4 Å². The van der Waals surface area contributed by atoms with Crippen LogP contribution in [0.5, 0.6) is 17.2 Å². The third kappa shape index (κ3) is 4.03.